The first-order valence-electron chi connectivity index (χ1n) is 14.6. The normalized spacial score (nSPS) is 14.3. The van der Waals surface area contributed by atoms with Crippen molar-refractivity contribution in [2.24, 2.45) is 0 Å². The number of anilines is 1. The first-order chi connectivity index (χ1) is 20.5. The van der Waals surface area contributed by atoms with E-state index in [0.717, 1.165) is 48.6 Å². The van der Waals surface area contributed by atoms with Crippen molar-refractivity contribution in [2.75, 3.05) is 17.1 Å². The molecule has 0 aromatic heterocycles. The molecule has 1 aliphatic carbocycles. The molecule has 7 nitrogen and oxygen atoms in total. The van der Waals surface area contributed by atoms with Crippen LogP contribution in [0.2, 0.25) is 10.0 Å². The van der Waals surface area contributed by atoms with Crippen LogP contribution in [0.1, 0.15) is 55.2 Å². The van der Waals surface area contributed by atoms with Crippen LogP contribution in [0.3, 0.4) is 0 Å². The number of hydrogen-bond acceptors (Lipinski definition) is 4. The zero-order valence-electron chi connectivity index (χ0n) is 24.6. The molecule has 3 aromatic rings. The molecule has 0 spiro atoms. The van der Waals surface area contributed by atoms with E-state index < -0.39 is 16.1 Å². The van der Waals surface area contributed by atoms with Gasteiger partial charge in [-0.15, -0.1) is 0 Å². The van der Waals surface area contributed by atoms with Crippen LogP contribution in [-0.4, -0.2) is 50.0 Å². The van der Waals surface area contributed by atoms with Crippen molar-refractivity contribution in [1.82, 2.24) is 10.2 Å². The largest absolute Gasteiger partial charge is 0.352 e. The lowest BCUT2D eigenvalue weighted by Gasteiger charge is -2.33. The van der Waals surface area contributed by atoms with E-state index in [0.29, 0.717) is 22.2 Å². The summed E-state index contributed by atoms with van der Waals surface area (Å²) in [7, 11) is -3.64. The van der Waals surface area contributed by atoms with Gasteiger partial charge in [0.05, 0.1) is 11.9 Å². The van der Waals surface area contributed by atoms with Gasteiger partial charge in [-0.25, -0.2) is 8.42 Å². The van der Waals surface area contributed by atoms with Gasteiger partial charge in [0.15, 0.2) is 0 Å². The van der Waals surface area contributed by atoms with Crippen LogP contribution in [0, 0.1) is 6.92 Å². The Kier molecular flexibility index (Phi) is 11.5. The predicted octanol–water partition coefficient (Wildman–Crippen LogP) is 6.55. The first kappa shape index (κ1) is 32.8. The highest BCUT2D eigenvalue weighted by Crippen LogP contribution is 2.27. The Hall–Kier alpha value is -3.07. The third-order valence-corrected chi connectivity index (χ3v) is 9.46. The summed E-state index contributed by atoms with van der Waals surface area (Å²) in [6.07, 6.45) is 5.80. The number of sulfonamides is 1. The number of amides is 2. The maximum absolute atomic E-state index is 14.0. The Labute approximate surface area is 265 Å². The molecule has 43 heavy (non-hydrogen) atoms. The van der Waals surface area contributed by atoms with Crippen molar-refractivity contribution in [1.29, 1.82) is 0 Å². The lowest BCUT2D eigenvalue weighted by Crippen LogP contribution is -2.52. The summed E-state index contributed by atoms with van der Waals surface area (Å²) in [6, 6.07) is 21.4. The van der Waals surface area contributed by atoms with Crippen LogP contribution < -0.4 is 9.62 Å². The average molecular weight is 645 g/mol. The van der Waals surface area contributed by atoms with Gasteiger partial charge in [-0.3, -0.25) is 13.9 Å². The number of aryl methyl sites for hydroxylation is 1. The number of carbonyl (C=O) groups is 2. The van der Waals surface area contributed by atoms with Gasteiger partial charge in [-0.05, 0) is 67.1 Å². The molecule has 0 radical (unpaired) electrons. The highest BCUT2D eigenvalue weighted by molar-refractivity contribution is 7.92. The molecule has 2 amide bonds. The second kappa shape index (κ2) is 15.1. The van der Waals surface area contributed by atoms with Crippen molar-refractivity contribution in [3.63, 3.8) is 0 Å². The smallest absolute Gasteiger partial charge is 0.243 e. The van der Waals surface area contributed by atoms with Gasteiger partial charge < -0.3 is 10.2 Å². The van der Waals surface area contributed by atoms with E-state index in [9.17, 15) is 18.0 Å². The van der Waals surface area contributed by atoms with Crippen molar-refractivity contribution in [2.45, 2.75) is 70.5 Å². The van der Waals surface area contributed by atoms with Crippen LogP contribution >= 0.6 is 23.2 Å². The molecule has 1 unspecified atom stereocenters. The highest BCUT2D eigenvalue weighted by Gasteiger charge is 2.32. The number of nitrogens with one attached hydrogen (secondary N) is 1. The molecule has 0 saturated heterocycles. The van der Waals surface area contributed by atoms with E-state index in [2.05, 4.69) is 5.32 Å². The third kappa shape index (κ3) is 9.46. The third-order valence-electron chi connectivity index (χ3n) is 7.81. The molecule has 0 bridgehead atoms. The number of hydrogen-bond donors (Lipinski definition) is 1. The van der Waals surface area contributed by atoms with Gasteiger partial charge in [0.2, 0.25) is 21.8 Å². The SMILES string of the molecule is Cc1ccc(Cl)cc1N(CCCC(=O)N(Cc1cccc(Cl)c1)C(Cc1ccccc1)C(=O)NC1CCCC1)S(C)(=O)=O. The van der Waals surface area contributed by atoms with E-state index in [1.165, 1.54) is 4.31 Å². The Balaban J connectivity index is 1.60. The van der Waals surface area contributed by atoms with E-state index in [4.69, 9.17) is 23.2 Å². The predicted molar refractivity (Wildman–Crippen MR) is 174 cm³/mol. The van der Waals surface area contributed by atoms with Crippen molar-refractivity contribution < 1.29 is 18.0 Å². The Morgan fingerprint density at radius 1 is 0.930 bits per heavy atom. The lowest BCUT2D eigenvalue weighted by molar-refractivity contribution is -0.141. The van der Waals surface area contributed by atoms with Gasteiger partial charge in [-0.1, -0.05) is 84.6 Å². The van der Waals surface area contributed by atoms with Crippen molar-refractivity contribution in [3.05, 3.63) is 99.5 Å². The van der Waals surface area contributed by atoms with E-state index in [-0.39, 0.29) is 43.8 Å². The number of nitrogens with zero attached hydrogens (tertiary/aromatic N) is 2. The standard InChI is InChI=1S/C33H39Cl2N3O4S/c1-24-17-18-28(35)22-30(24)38(43(2,41)42)19-9-16-32(39)37(23-26-12-8-13-27(34)20-26)31(21-25-10-4-3-5-11-25)33(40)36-29-14-6-7-15-29/h3-5,8,10-13,17-18,20,22,29,31H,6-7,9,14-16,19,21,23H2,1-2H3,(H,36,40). The molecule has 10 heteroatoms. The molecule has 230 valence electrons. The Morgan fingerprint density at radius 2 is 1.60 bits per heavy atom. The van der Waals surface area contributed by atoms with Gasteiger partial charge in [0.1, 0.15) is 6.04 Å². The molecule has 0 aliphatic heterocycles. The Morgan fingerprint density at radius 3 is 2.28 bits per heavy atom. The number of halogens is 2. The van der Waals surface area contributed by atoms with Gasteiger partial charge in [0, 0.05) is 42.0 Å². The van der Waals surface area contributed by atoms with Crippen molar-refractivity contribution >= 4 is 50.7 Å². The molecule has 1 atom stereocenters. The summed E-state index contributed by atoms with van der Waals surface area (Å²) in [4.78, 5) is 29.5. The summed E-state index contributed by atoms with van der Waals surface area (Å²) in [5, 5.41) is 4.17. The van der Waals surface area contributed by atoms with E-state index in [1.807, 2.05) is 49.4 Å². The van der Waals surface area contributed by atoms with Crippen molar-refractivity contribution in [3.8, 4) is 0 Å². The summed E-state index contributed by atoms with van der Waals surface area (Å²) in [5.74, 6) is -0.419. The zero-order chi connectivity index (χ0) is 31.0. The molecule has 4 rings (SSSR count). The fourth-order valence-corrected chi connectivity index (χ4v) is 6.98. The van der Waals surface area contributed by atoms with E-state index in [1.54, 1.807) is 35.2 Å². The average Bonchev–Trinajstić information content (AvgIpc) is 3.47. The number of benzene rings is 3. The van der Waals surface area contributed by atoms with Gasteiger partial charge >= 0.3 is 0 Å². The van der Waals surface area contributed by atoms with Gasteiger partial charge in [0.25, 0.3) is 0 Å². The quantitative estimate of drug-likeness (QED) is 0.229. The molecular weight excluding hydrogens is 605 g/mol. The van der Waals surface area contributed by atoms with Crippen LogP contribution in [0.5, 0.6) is 0 Å². The second-order valence-electron chi connectivity index (χ2n) is 11.2. The topological polar surface area (TPSA) is 86.8 Å². The number of rotatable bonds is 13. The second-order valence-corrected chi connectivity index (χ2v) is 14.0. The maximum Gasteiger partial charge on any atom is 0.243 e. The summed E-state index contributed by atoms with van der Waals surface area (Å²) < 4.78 is 26.8. The minimum Gasteiger partial charge on any atom is -0.352 e. The zero-order valence-corrected chi connectivity index (χ0v) is 27.0. The first-order valence-corrected chi connectivity index (χ1v) is 17.2. The molecule has 1 aliphatic rings. The maximum atomic E-state index is 14.0. The van der Waals surface area contributed by atoms with E-state index >= 15 is 0 Å². The minimum absolute atomic E-state index is 0.0498. The monoisotopic (exact) mass is 643 g/mol. The van der Waals surface area contributed by atoms with Crippen LogP contribution in [0.25, 0.3) is 0 Å². The molecule has 1 N–H and O–H groups in total. The molecule has 3 aromatic carbocycles. The summed E-state index contributed by atoms with van der Waals surface area (Å²) in [5.41, 5.74) is 2.99. The van der Waals surface area contributed by atoms with Crippen LogP contribution in [0.15, 0.2) is 72.8 Å². The number of carbonyl (C=O) groups excluding carboxylic acids is 2. The fraction of sp³-hybridized carbons (Fsp3) is 0.394. The lowest BCUT2D eigenvalue weighted by atomic mass is 10.0. The molecular formula is C33H39Cl2N3O4S. The molecule has 1 saturated carbocycles. The minimum atomic E-state index is -3.64. The van der Waals surface area contributed by atoms with Gasteiger partial charge in [-0.2, -0.15) is 0 Å². The molecule has 0 heterocycles. The molecule has 1 fully saturated rings. The Bertz CT molecular complexity index is 1510. The summed E-state index contributed by atoms with van der Waals surface area (Å²) in [6.45, 7) is 2.10. The summed E-state index contributed by atoms with van der Waals surface area (Å²) >= 11 is 12.5. The van der Waals surface area contributed by atoms with Crippen LogP contribution in [0.4, 0.5) is 5.69 Å². The highest BCUT2D eigenvalue weighted by atomic mass is 35.5. The van der Waals surface area contributed by atoms with Crippen LogP contribution in [-0.2, 0) is 32.6 Å². The fourth-order valence-electron chi connectivity index (χ4n) is 5.59.